The van der Waals surface area contributed by atoms with E-state index >= 15 is 0 Å². The van der Waals surface area contributed by atoms with E-state index in [2.05, 4.69) is 10.3 Å². The third-order valence-electron chi connectivity index (χ3n) is 3.03. The quantitative estimate of drug-likeness (QED) is 0.788. The van der Waals surface area contributed by atoms with Crippen LogP contribution < -0.4 is 5.32 Å². The van der Waals surface area contributed by atoms with Crippen LogP contribution in [0.15, 0.2) is 22.2 Å². The van der Waals surface area contributed by atoms with Gasteiger partial charge < -0.3 is 10.1 Å². The molecule has 7 heteroatoms. The zero-order chi connectivity index (χ0) is 15.9. The summed E-state index contributed by atoms with van der Waals surface area (Å²) in [5.74, 6) is -0.721. The van der Waals surface area contributed by atoms with Gasteiger partial charge in [-0.2, -0.15) is 11.3 Å². The highest BCUT2D eigenvalue weighted by Gasteiger charge is 2.12. The lowest BCUT2D eigenvalue weighted by molar-refractivity contribution is -0.148. The summed E-state index contributed by atoms with van der Waals surface area (Å²) in [6, 6.07) is 2.07. The molecule has 2 rings (SSSR count). The van der Waals surface area contributed by atoms with Gasteiger partial charge in [0.1, 0.15) is 5.01 Å². The van der Waals surface area contributed by atoms with Gasteiger partial charge >= 0.3 is 5.97 Å². The molecule has 0 spiro atoms. The number of nitrogens with one attached hydrogen (secondary N) is 1. The number of carbonyl (C=O) groups excluding carboxylic acids is 2. The second-order valence-corrected chi connectivity index (χ2v) is 6.51. The zero-order valence-corrected chi connectivity index (χ0v) is 14.1. The number of hydrogen-bond donors (Lipinski definition) is 1. The molecule has 0 aliphatic rings. The molecule has 1 N–H and O–H groups in total. The largest absolute Gasteiger partial charge is 0.455 e. The molecule has 2 aromatic rings. The van der Waals surface area contributed by atoms with Crippen LogP contribution >= 0.6 is 22.7 Å². The molecule has 0 unspecified atom stereocenters. The molecule has 22 heavy (non-hydrogen) atoms. The molecule has 0 fully saturated rings. The topological polar surface area (TPSA) is 68.3 Å². The van der Waals surface area contributed by atoms with Crippen molar-refractivity contribution in [3.05, 3.63) is 27.9 Å². The van der Waals surface area contributed by atoms with Crippen molar-refractivity contribution in [1.82, 2.24) is 10.3 Å². The predicted octanol–water partition coefficient (Wildman–Crippen LogP) is 2.87. The number of amides is 1. The maximum absolute atomic E-state index is 11.7. The Kier molecular flexibility index (Phi) is 6.09. The lowest BCUT2D eigenvalue weighted by Gasteiger charge is -2.11. The fraction of sp³-hybridized carbons (Fsp3) is 0.400. The highest BCUT2D eigenvalue weighted by molar-refractivity contribution is 7.14. The van der Waals surface area contributed by atoms with Crippen molar-refractivity contribution in [2.24, 2.45) is 0 Å². The van der Waals surface area contributed by atoms with Gasteiger partial charge in [-0.15, -0.1) is 11.3 Å². The third kappa shape index (κ3) is 4.92. The average Bonchev–Trinajstić information content (AvgIpc) is 3.15. The molecule has 2 heterocycles. The first-order valence-electron chi connectivity index (χ1n) is 7.00. The summed E-state index contributed by atoms with van der Waals surface area (Å²) in [7, 11) is 0. The van der Waals surface area contributed by atoms with Crippen molar-refractivity contribution in [3.8, 4) is 10.6 Å². The minimum atomic E-state index is -0.443. The van der Waals surface area contributed by atoms with E-state index in [4.69, 9.17) is 4.74 Å². The van der Waals surface area contributed by atoms with E-state index in [1.54, 1.807) is 11.3 Å². The maximum atomic E-state index is 11.7. The van der Waals surface area contributed by atoms with Crippen LogP contribution in [0.5, 0.6) is 0 Å². The Hall–Kier alpha value is -1.73. The Bertz CT molecular complexity index is 623. The van der Waals surface area contributed by atoms with E-state index in [-0.39, 0.29) is 25.0 Å². The molecule has 0 aliphatic carbocycles. The van der Waals surface area contributed by atoms with Gasteiger partial charge in [0.25, 0.3) is 5.91 Å². The van der Waals surface area contributed by atoms with E-state index in [1.165, 1.54) is 11.3 Å². The fourth-order valence-electron chi connectivity index (χ4n) is 1.67. The standard InChI is InChI=1S/C15H18N2O3S2/c1-3-10(2)16-13(18)7-20-14(19)6-12-9-22-15(17-12)11-4-5-21-8-11/h4-5,8-10H,3,6-7H2,1-2H3,(H,16,18)/t10-/m0/s1. The molecule has 2 aromatic heterocycles. The van der Waals surface area contributed by atoms with Crippen molar-refractivity contribution in [2.75, 3.05) is 6.61 Å². The van der Waals surface area contributed by atoms with Gasteiger partial charge in [0.2, 0.25) is 0 Å². The predicted molar refractivity (Wildman–Crippen MR) is 88.0 cm³/mol. The summed E-state index contributed by atoms with van der Waals surface area (Å²) in [6.07, 6.45) is 0.918. The molecule has 0 saturated heterocycles. The normalized spacial score (nSPS) is 11.9. The maximum Gasteiger partial charge on any atom is 0.312 e. The van der Waals surface area contributed by atoms with Gasteiger partial charge in [0.05, 0.1) is 12.1 Å². The van der Waals surface area contributed by atoms with E-state index in [0.717, 1.165) is 17.0 Å². The van der Waals surface area contributed by atoms with Gasteiger partial charge in [-0.3, -0.25) is 9.59 Å². The Labute approximate surface area is 137 Å². The SMILES string of the molecule is CC[C@H](C)NC(=O)COC(=O)Cc1csc(-c2ccsc2)n1. The lowest BCUT2D eigenvalue weighted by atomic mass is 10.2. The van der Waals surface area contributed by atoms with Gasteiger partial charge in [0.15, 0.2) is 6.61 Å². The third-order valence-corrected chi connectivity index (χ3v) is 4.65. The Morgan fingerprint density at radius 3 is 2.91 bits per heavy atom. The van der Waals surface area contributed by atoms with Gasteiger partial charge in [-0.25, -0.2) is 4.98 Å². The summed E-state index contributed by atoms with van der Waals surface area (Å²) < 4.78 is 4.97. The Balaban J connectivity index is 1.79. The fourth-order valence-corrected chi connectivity index (χ4v) is 3.20. The number of ether oxygens (including phenoxy) is 1. The van der Waals surface area contributed by atoms with E-state index in [1.807, 2.05) is 36.1 Å². The minimum absolute atomic E-state index is 0.0806. The lowest BCUT2D eigenvalue weighted by Crippen LogP contribution is -2.35. The molecule has 0 aliphatic heterocycles. The Morgan fingerprint density at radius 1 is 1.41 bits per heavy atom. The van der Waals surface area contributed by atoms with E-state index < -0.39 is 5.97 Å². The highest BCUT2D eigenvalue weighted by atomic mass is 32.1. The first kappa shape index (κ1) is 16.6. The molecule has 1 atom stereocenters. The molecule has 0 radical (unpaired) electrons. The average molecular weight is 338 g/mol. The summed E-state index contributed by atoms with van der Waals surface area (Å²) >= 11 is 3.10. The van der Waals surface area contributed by atoms with Crippen molar-refractivity contribution in [3.63, 3.8) is 0 Å². The number of esters is 1. The molecule has 5 nitrogen and oxygen atoms in total. The summed E-state index contributed by atoms with van der Waals surface area (Å²) in [6.45, 7) is 3.63. The summed E-state index contributed by atoms with van der Waals surface area (Å²) in [5.41, 5.74) is 1.72. The van der Waals surface area contributed by atoms with Crippen LogP contribution in [0.2, 0.25) is 0 Å². The molecular weight excluding hydrogens is 320 g/mol. The molecular formula is C15H18N2O3S2. The second kappa shape index (κ2) is 8.05. The molecule has 118 valence electrons. The minimum Gasteiger partial charge on any atom is -0.455 e. The Morgan fingerprint density at radius 2 is 2.23 bits per heavy atom. The van der Waals surface area contributed by atoms with Crippen molar-refractivity contribution < 1.29 is 14.3 Å². The molecule has 1 amide bonds. The van der Waals surface area contributed by atoms with Crippen LogP contribution in [-0.4, -0.2) is 29.5 Å². The number of aromatic nitrogens is 1. The van der Waals surface area contributed by atoms with Crippen LogP contribution in [0.3, 0.4) is 0 Å². The van der Waals surface area contributed by atoms with Crippen molar-refractivity contribution in [2.45, 2.75) is 32.7 Å². The number of nitrogens with zero attached hydrogens (tertiary/aromatic N) is 1. The van der Waals surface area contributed by atoms with Gasteiger partial charge in [-0.1, -0.05) is 6.92 Å². The van der Waals surface area contributed by atoms with Gasteiger partial charge in [0, 0.05) is 22.4 Å². The number of carbonyl (C=O) groups is 2. The van der Waals surface area contributed by atoms with Crippen molar-refractivity contribution in [1.29, 1.82) is 0 Å². The molecule has 0 saturated carbocycles. The van der Waals surface area contributed by atoms with Crippen LogP contribution in [0.25, 0.3) is 10.6 Å². The molecule has 0 aromatic carbocycles. The first-order chi connectivity index (χ1) is 10.6. The first-order valence-corrected chi connectivity index (χ1v) is 8.82. The van der Waals surface area contributed by atoms with E-state index in [0.29, 0.717) is 5.69 Å². The van der Waals surface area contributed by atoms with E-state index in [9.17, 15) is 9.59 Å². The zero-order valence-electron chi connectivity index (χ0n) is 12.5. The number of hydrogen-bond acceptors (Lipinski definition) is 6. The van der Waals surface area contributed by atoms with Crippen LogP contribution in [0.1, 0.15) is 26.0 Å². The highest BCUT2D eigenvalue weighted by Crippen LogP contribution is 2.25. The molecule has 0 bridgehead atoms. The van der Waals surface area contributed by atoms with Crippen LogP contribution in [-0.2, 0) is 20.7 Å². The smallest absolute Gasteiger partial charge is 0.312 e. The second-order valence-electron chi connectivity index (χ2n) is 4.87. The monoisotopic (exact) mass is 338 g/mol. The summed E-state index contributed by atoms with van der Waals surface area (Å²) in [5, 5.41) is 9.47. The van der Waals surface area contributed by atoms with Crippen LogP contribution in [0, 0.1) is 0 Å². The van der Waals surface area contributed by atoms with Crippen molar-refractivity contribution >= 4 is 34.6 Å². The number of thiophene rings is 1. The number of rotatable bonds is 7. The number of thiazole rings is 1. The van der Waals surface area contributed by atoms with Crippen LogP contribution in [0.4, 0.5) is 0 Å². The van der Waals surface area contributed by atoms with Gasteiger partial charge in [-0.05, 0) is 24.8 Å². The summed E-state index contributed by atoms with van der Waals surface area (Å²) in [4.78, 5) is 27.7.